The molecule has 2 aromatic carbocycles. The summed E-state index contributed by atoms with van der Waals surface area (Å²) in [5.41, 5.74) is 1.37. The van der Waals surface area contributed by atoms with Gasteiger partial charge in [-0.05, 0) is 32.0 Å². The van der Waals surface area contributed by atoms with E-state index in [0.717, 1.165) is 22.2 Å². The fourth-order valence-corrected chi connectivity index (χ4v) is 3.96. The first-order valence-corrected chi connectivity index (χ1v) is 10.8. The highest BCUT2D eigenvalue weighted by atomic mass is 32.1. The van der Waals surface area contributed by atoms with Gasteiger partial charge in [0.2, 0.25) is 11.8 Å². The van der Waals surface area contributed by atoms with Crippen molar-refractivity contribution in [3.63, 3.8) is 0 Å². The van der Waals surface area contributed by atoms with E-state index in [4.69, 9.17) is 0 Å². The largest absolute Gasteiger partial charge is 0.418 e. The summed E-state index contributed by atoms with van der Waals surface area (Å²) in [6.45, 7) is 3.57. The number of likely N-dealkylation sites (N-methyl/N-ethyl adjacent to an activating group) is 1. The molecule has 1 aromatic heterocycles. The summed E-state index contributed by atoms with van der Waals surface area (Å²) in [6.07, 6.45) is -4.59. The standard InChI is InChI=1S/C23H22F3N3O2S/c1-3-29(13-20(30)28-19-10-5-4-9-18(19)23(24,25)26)21(31)12-17-14-32-22(27-17)16-8-6-7-15(2)11-16/h4-11,14H,3,12-13H2,1-2H3,(H,28,30). The third-order valence-electron chi connectivity index (χ3n) is 4.72. The molecule has 0 aliphatic heterocycles. The molecule has 5 nitrogen and oxygen atoms in total. The summed E-state index contributed by atoms with van der Waals surface area (Å²) in [5, 5.41) is 4.85. The number of aromatic nitrogens is 1. The molecule has 0 aliphatic rings. The van der Waals surface area contributed by atoms with Crippen molar-refractivity contribution < 1.29 is 22.8 Å². The number of nitrogens with zero attached hydrogens (tertiary/aromatic N) is 2. The molecule has 3 rings (SSSR count). The molecule has 0 saturated heterocycles. The van der Waals surface area contributed by atoms with Crippen molar-refractivity contribution in [2.75, 3.05) is 18.4 Å². The average molecular weight is 462 g/mol. The number of amides is 2. The number of halogens is 3. The number of alkyl halides is 3. The lowest BCUT2D eigenvalue weighted by Crippen LogP contribution is -2.39. The number of carbonyl (C=O) groups is 2. The maximum atomic E-state index is 13.1. The van der Waals surface area contributed by atoms with Crippen molar-refractivity contribution in [2.24, 2.45) is 0 Å². The third kappa shape index (κ3) is 5.94. The van der Waals surface area contributed by atoms with Crippen LogP contribution in [0.1, 0.15) is 23.7 Å². The van der Waals surface area contributed by atoms with Crippen LogP contribution in [-0.4, -0.2) is 34.8 Å². The van der Waals surface area contributed by atoms with Gasteiger partial charge in [-0.2, -0.15) is 13.2 Å². The monoisotopic (exact) mass is 461 g/mol. The number of thiazole rings is 1. The Kier molecular flexibility index (Phi) is 7.29. The minimum Gasteiger partial charge on any atom is -0.333 e. The van der Waals surface area contributed by atoms with E-state index in [1.54, 1.807) is 12.3 Å². The van der Waals surface area contributed by atoms with E-state index >= 15 is 0 Å². The number of aryl methyl sites for hydroxylation is 1. The summed E-state index contributed by atoms with van der Waals surface area (Å²) >= 11 is 1.42. The summed E-state index contributed by atoms with van der Waals surface area (Å²) in [7, 11) is 0. The Balaban J connectivity index is 1.64. The number of benzene rings is 2. The fourth-order valence-electron chi connectivity index (χ4n) is 3.14. The molecule has 0 bridgehead atoms. The molecule has 3 aromatic rings. The fraction of sp³-hybridized carbons (Fsp3) is 0.261. The lowest BCUT2D eigenvalue weighted by atomic mass is 10.1. The number of carbonyl (C=O) groups excluding carboxylic acids is 2. The molecule has 0 radical (unpaired) electrons. The Morgan fingerprint density at radius 2 is 1.88 bits per heavy atom. The number of hydrogen-bond donors (Lipinski definition) is 1. The predicted molar refractivity (Wildman–Crippen MR) is 118 cm³/mol. The van der Waals surface area contributed by atoms with Crippen LogP contribution in [0.15, 0.2) is 53.9 Å². The lowest BCUT2D eigenvalue weighted by Gasteiger charge is -2.21. The van der Waals surface area contributed by atoms with E-state index in [9.17, 15) is 22.8 Å². The SMILES string of the molecule is CCN(CC(=O)Nc1ccccc1C(F)(F)F)C(=O)Cc1csc(-c2cccc(C)c2)n1. The zero-order chi connectivity index (χ0) is 23.3. The van der Waals surface area contributed by atoms with Crippen LogP contribution < -0.4 is 5.32 Å². The van der Waals surface area contributed by atoms with Crippen molar-refractivity contribution in [1.82, 2.24) is 9.88 Å². The first-order chi connectivity index (χ1) is 15.2. The maximum Gasteiger partial charge on any atom is 0.418 e. The second-order valence-electron chi connectivity index (χ2n) is 7.19. The molecule has 0 spiro atoms. The normalized spacial score (nSPS) is 11.3. The Hall–Kier alpha value is -3.20. The van der Waals surface area contributed by atoms with Gasteiger partial charge in [0.05, 0.1) is 29.9 Å². The second-order valence-corrected chi connectivity index (χ2v) is 8.05. The van der Waals surface area contributed by atoms with E-state index in [1.165, 1.54) is 34.4 Å². The van der Waals surface area contributed by atoms with Crippen LogP contribution in [-0.2, 0) is 22.2 Å². The molecule has 2 amide bonds. The van der Waals surface area contributed by atoms with Crippen LogP contribution in [0.25, 0.3) is 10.6 Å². The molecule has 1 heterocycles. The number of para-hydroxylation sites is 1. The number of rotatable bonds is 7. The van der Waals surface area contributed by atoms with Crippen molar-refractivity contribution in [1.29, 1.82) is 0 Å². The highest BCUT2D eigenvalue weighted by Crippen LogP contribution is 2.34. The van der Waals surface area contributed by atoms with Gasteiger partial charge in [-0.1, -0.05) is 35.9 Å². The highest BCUT2D eigenvalue weighted by molar-refractivity contribution is 7.13. The van der Waals surface area contributed by atoms with Gasteiger partial charge in [0.25, 0.3) is 0 Å². The minimum atomic E-state index is -4.59. The van der Waals surface area contributed by atoms with Crippen LogP contribution in [0.3, 0.4) is 0 Å². The van der Waals surface area contributed by atoms with Gasteiger partial charge in [-0.25, -0.2) is 4.98 Å². The predicted octanol–water partition coefficient (Wildman–Crippen LogP) is 5.17. The van der Waals surface area contributed by atoms with Crippen molar-refractivity contribution in [3.8, 4) is 10.6 Å². The van der Waals surface area contributed by atoms with E-state index in [-0.39, 0.29) is 31.1 Å². The Bertz CT molecular complexity index is 1110. The summed E-state index contributed by atoms with van der Waals surface area (Å²) in [5.74, 6) is -1.02. The molecule has 9 heteroatoms. The molecular formula is C23H22F3N3O2S. The van der Waals surface area contributed by atoms with Gasteiger partial charge < -0.3 is 10.2 Å². The molecule has 0 saturated carbocycles. The van der Waals surface area contributed by atoms with Gasteiger partial charge in [0, 0.05) is 17.5 Å². The number of anilines is 1. The molecule has 168 valence electrons. The van der Waals surface area contributed by atoms with Crippen LogP contribution in [0.2, 0.25) is 0 Å². The number of hydrogen-bond acceptors (Lipinski definition) is 4. The summed E-state index contributed by atoms with van der Waals surface area (Å²) < 4.78 is 39.4. The minimum absolute atomic E-state index is 0.00255. The van der Waals surface area contributed by atoms with Crippen molar-refractivity contribution >= 4 is 28.8 Å². The van der Waals surface area contributed by atoms with Gasteiger partial charge in [-0.15, -0.1) is 11.3 Å². The van der Waals surface area contributed by atoms with Crippen molar-refractivity contribution in [3.05, 3.63) is 70.7 Å². The molecule has 0 aliphatic carbocycles. The molecule has 0 atom stereocenters. The molecule has 0 fully saturated rings. The van der Waals surface area contributed by atoms with E-state index in [2.05, 4.69) is 10.3 Å². The van der Waals surface area contributed by atoms with E-state index < -0.39 is 17.6 Å². The quantitative estimate of drug-likeness (QED) is 0.528. The van der Waals surface area contributed by atoms with E-state index in [1.807, 2.05) is 31.2 Å². The smallest absolute Gasteiger partial charge is 0.333 e. The Morgan fingerprint density at radius 3 is 2.56 bits per heavy atom. The van der Waals surface area contributed by atoms with Gasteiger partial charge in [-0.3, -0.25) is 9.59 Å². The molecule has 1 N–H and O–H groups in total. The Labute approximate surface area is 187 Å². The first kappa shape index (κ1) is 23.5. The van der Waals surface area contributed by atoms with Crippen molar-refractivity contribution in [2.45, 2.75) is 26.4 Å². The van der Waals surface area contributed by atoms with Crippen LogP contribution >= 0.6 is 11.3 Å². The zero-order valence-corrected chi connectivity index (χ0v) is 18.4. The van der Waals surface area contributed by atoms with Gasteiger partial charge in [0.15, 0.2) is 0 Å². The van der Waals surface area contributed by atoms with Crippen LogP contribution in [0, 0.1) is 6.92 Å². The van der Waals surface area contributed by atoms with Gasteiger partial charge in [0.1, 0.15) is 5.01 Å². The molecular weight excluding hydrogens is 439 g/mol. The molecule has 32 heavy (non-hydrogen) atoms. The topological polar surface area (TPSA) is 62.3 Å². The number of nitrogens with one attached hydrogen (secondary N) is 1. The third-order valence-corrected chi connectivity index (χ3v) is 5.66. The van der Waals surface area contributed by atoms with Gasteiger partial charge >= 0.3 is 6.18 Å². The van der Waals surface area contributed by atoms with Crippen LogP contribution in [0.4, 0.5) is 18.9 Å². The van der Waals surface area contributed by atoms with Crippen LogP contribution in [0.5, 0.6) is 0 Å². The Morgan fingerprint density at radius 1 is 1.12 bits per heavy atom. The summed E-state index contributed by atoms with van der Waals surface area (Å²) in [4.78, 5) is 30.8. The maximum absolute atomic E-state index is 13.1. The average Bonchev–Trinajstić information content (AvgIpc) is 3.20. The molecule has 0 unspecified atom stereocenters. The highest BCUT2D eigenvalue weighted by Gasteiger charge is 2.33. The first-order valence-electron chi connectivity index (χ1n) is 9.92. The second kappa shape index (κ2) is 9.95. The van der Waals surface area contributed by atoms with E-state index in [0.29, 0.717) is 5.69 Å². The lowest BCUT2D eigenvalue weighted by molar-refractivity contribution is -0.137. The zero-order valence-electron chi connectivity index (χ0n) is 17.6. The summed E-state index contributed by atoms with van der Waals surface area (Å²) in [6, 6.07) is 12.6.